The van der Waals surface area contributed by atoms with Crippen molar-refractivity contribution in [2.45, 2.75) is 6.61 Å². The first-order valence-electron chi connectivity index (χ1n) is 3.57. The molecule has 0 unspecified atom stereocenters. The zero-order valence-corrected chi connectivity index (χ0v) is 7.72. The van der Waals surface area contributed by atoms with Crippen molar-refractivity contribution in [3.63, 3.8) is 0 Å². The van der Waals surface area contributed by atoms with Gasteiger partial charge in [0.15, 0.2) is 0 Å². The van der Waals surface area contributed by atoms with Crippen LogP contribution in [-0.4, -0.2) is 0 Å². The zero-order chi connectivity index (χ0) is 7.97. The highest BCUT2D eigenvalue weighted by Crippen LogP contribution is 2.43. The van der Waals surface area contributed by atoms with Crippen LogP contribution in [0.2, 0.25) is 0 Å². The van der Waals surface area contributed by atoms with Crippen LogP contribution in [0.5, 0.6) is 5.75 Å². The summed E-state index contributed by atoms with van der Waals surface area (Å²) in [7, 11) is 0. The van der Waals surface area contributed by atoms with Crippen LogP contribution in [0.25, 0.3) is 9.75 Å². The third-order valence-electron chi connectivity index (χ3n) is 1.85. The third-order valence-corrected chi connectivity index (χ3v) is 3.73. The van der Waals surface area contributed by atoms with Gasteiger partial charge in [0.25, 0.3) is 0 Å². The highest BCUT2D eigenvalue weighted by Gasteiger charge is 2.19. The zero-order valence-electron chi connectivity index (χ0n) is 6.09. The number of hydrogen-bond acceptors (Lipinski definition) is 3. The van der Waals surface area contributed by atoms with E-state index in [2.05, 4.69) is 10.8 Å². The molecule has 1 aliphatic rings. The number of fused-ring (bicyclic) bond motifs is 3. The fraction of sp³-hybridized carbons (Fsp3) is 0.111. The van der Waals surface area contributed by atoms with E-state index in [4.69, 9.17) is 4.74 Å². The Kier molecular flexibility index (Phi) is 1.31. The van der Waals surface area contributed by atoms with Crippen molar-refractivity contribution < 1.29 is 4.74 Å². The molecule has 3 heterocycles. The van der Waals surface area contributed by atoms with Crippen molar-refractivity contribution >= 4 is 22.7 Å². The average molecular weight is 192 g/mol. The molecule has 0 fully saturated rings. The third kappa shape index (κ3) is 0.778. The van der Waals surface area contributed by atoms with Gasteiger partial charge in [-0.05, 0) is 6.07 Å². The topological polar surface area (TPSA) is 9.23 Å². The minimum absolute atomic E-state index is 0.687. The Bertz CT molecular complexity index is 373. The summed E-state index contributed by atoms with van der Waals surface area (Å²) in [5.74, 6) is 0.975. The predicted octanol–water partition coefficient (Wildman–Crippen LogP) is 2.97. The first-order valence-corrected chi connectivity index (χ1v) is 5.20. The van der Waals surface area contributed by atoms with Crippen molar-refractivity contribution in [1.29, 1.82) is 0 Å². The largest absolute Gasteiger partial charge is 0.487 e. The van der Waals surface area contributed by atoms with Gasteiger partial charge < -0.3 is 4.74 Å². The summed E-state index contributed by atoms with van der Waals surface area (Å²) < 4.78 is 5.51. The Morgan fingerprint density at radius 1 is 1.17 bits per heavy atom. The number of ether oxygens (including phenoxy) is 1. The molecule has 2 radical (unpaired) electrons. The molecule has 0 bridgehead atoms. The highest BCUT2D eigenvalue weighted by atomic mass is 32.1. The van der Waals surface area contributed by atoms with Gasteiger partial charge >= 0.3 is 0 Å². The minimum atomic E-state index is 0.687. The molecule has 0 aliphatic carbocycles. The summed E-state index contributed by atoms with van der Waals surface area (Å²) >= 11 is 3.27. The lowest BCUT2D eigenvalue weighted by Gasteiger charge is -2.12. The summed E-state index contributed by atoms with van der Waals surface area (Å²) in [6, 6.07) is 3.91. The molecule has 0 aromatic carbocycles. The van der Waals surface area contributed by atoms with Gasteiger partial charge in [0.2, 0.25) is 0 Å². The maximum atomic E-state index is 5.51. The SMILES string of the molecule is [c]1cc2c(s1)-c1s[c]cc1OC2. The molecule has 2 aromatic heterocycles. The van der Waals surface area contributed by atoms with Crippen molar-refractivity contribution in [1.82, 2.24) is 0 Å². The molecule has 0 spiro atoms. The first kappa shape index (κ1) is 6.69. The highest BCUT2D eigenvalue weighted by molar-refractivity contribution is 7.20. The Hall–Kier alpha value is -0.800. The van der Waals surface area contributed by atoms with Crippen LogP contribution >= 0.6 is 22.7 Å². The lowest BCUT2D eigenvalue weighted by Crippen LogP contribution is -1.99. The van der Waals surface area contributed by atoms with Crippen LogP contribution in [0.3, 0.4) is 0 Å². The van der Waals surface area contributed by atoms with Crippen LogP contribution in [0.4, 0.5) is 0 Å². The Morgan fingerprint density at radius 2 is 2.00 bits per heavy atom. The van der Waals surface area contributed by atoms with E-state index >= 15 is 0 Å². The van der Waals surface area contributed by atoms with E-state index in [1.165, 1.54) is 15.3 Å². The fourth-order valence-electron chi connectivity index (χ4n) is 1.27. The summed E-state index contributed by atoms with van der Waals surface area (Å²) in [5, 5.41) is 6.21. The summed E-state index contributed by atoms with van der Waals surface area (Å²) in [5.41, 5.74) is 1.25. The van der Waals surface area contributed by atoms with Crippen molar-refractivity contribution in [2.24, 2.45) is 0 Å². The number of hydrogen-bond donors (Lipinski definition) is 0. The van der Waals surface area contributed by atoms with Gasteiger partial charge in [-0.15, -0.1) is 22.7 Å². The van der Waals surface area contributed by atoms with E-state index in [1.54, 1.807) is 22.7 Å². The molecule has 0 saturated heterocycles. The van der Waals surface area contributed by atoms with Gasteiger partial charge in [-0.3, -0.25) is 0 Å². The molecule has 2 aromatic rings. The second kappa shape index (κ2) is 2.34. The summed E-state index contributed by atoms with van der Waals surface area (Å²) in [6.45, 7) is 0.687. The van der Waals surface area contributed by atoms with Crippen LogP contribution in [0.15, 0.2) is 12.1 Å². The molecule has 3 rings (SSSR count). The molecule has 1 nitrogen and oxygen atoms in total. The van der Waals surface area contributed by atoms with Gasteiger partial charge in [-0.2, -0.15) is 0 Å². The molecule has 0 atom stereocenters. The van der Waals surface area contributed by atoms with E-state index in [0.717, 1.165) is 5.75 Å². The lowest BCUT2D eigenvalue weighted by molar-refractivity contribution is 0.304. The monoisotopic (exact) mass is 192 g/mol. The molecule has 0 amide bonds. The molecule has 3 heteroatoms. The fourth-order valence-corrected chi connectivity index (χ4v) is 3.01. The van der Waals surface area contributed by atoms with Crippen LogP contribution in [-0.2, 0) is 6.61 Å². The summed E-state index contributed by atoms with van der Waals surface area (Å²) in [6.07, 6.45) is 0. The molecule has 0 N–H and O–H groups in total. The van der Waals surface area contributed by atoms with E-state index < -0.39 is 0 Å². The van der Waals surface area contributed by atoms with E-state index in [-0.39, 0.29) is 0 Å². The minimum Gasteiger partial charge on any atom is -0.487 e. The normalized spacial score (nSPS) is 13.3. The van der Waals surface area contributed by atoms with Gasteiger partial charge in [0.05, 0.1) is 9.75 Å². The molecular weight excluding hydrogens is 188 g/mol. The van der Waals surface area contributed by atoms with Gasteiger partial charge in [0.1, 0.15) is 12.4 Å². The second-order valence-electron chi connectivity index (χ2n) is 2.56. The van der Waals surface area contributed by atoms with E-state index in [0.29, 0.717) is 6.61 Å². The van der Waals surface area contributed by atoms with E-state index in [1.807, 2.05) is 12.1 Å². The smallest absolute Gasteiger partial charge is 0.139 e. The molecule has 12 heavy (non-hydrogen) atoms. The molecule has 1 aliphatic heterocycles. The Balaban J connectivity index is 2.32. The maximum Gasteiger partial charge on any atom is 0.139 e. The Morgan fingerprint density at radius 3 is 3.00 bits per heavy atom. The van der Waals surface area contributed by atoms with Crippen molar-refractivity contribution in [3.8, 4) is 15.5 Å². The lowest BCUT2D eigenvalue weighted by atomic mass is 10.2. The van der Waals surface area contributed by atoms with Gasteiger partial charge in [-0.25, -0.2) is 0 Å². The first-order chi connectivity index (χ1) is 5.95. The van der Waals surface area contributed by atoms with Crippen molar-refractivity contribution in [2.75, 3.05) is 0 Å². The molecule has 58 valence electrons. The number of thiophene rings is 2. The van der Waals surface area contributed by atoms with E-state index in [9.17, 15) is 0 Å². The van der Waals surface area contributed by atoms with Gasteiger partial charge in [-0.1, -0.05) is 0 Å². The molecule has 0 saturated carbocycles. The Labute approximate surface area is 78.2 Å². The predicted molar refractivity (Wildman–Crippen MR) is 49.6 cm³/mol. The number of rotatable bonds is 0. The quantitative estimate of drug-likeness (QED) is 0.623. The summed E-state index contributed by atoms with van der Waals surface area (Å²) in [4.78, 5) is 2.52. The van der Waals surface area contributed by atoms with Crippen LogP contribution in [0.1, 0.15) is 5.56 Å². The van der Waals surface area contributed by atoms with Crippen LogP contribution < -0.4 is 4.74 Å². The average Bonchev–Trinajstić information content (AvgIpc) is 2.71. The van der Waals surface area contributed by atoms with Gasteiger partial charge in [0, 0.05) is 22.4 Å². The van der Waals surface area contributed by atoms with Crippen LogP contribution in [0, 0.1) is 10.8 Å². The second-order valence-corrected chi connectivity index (χ2v) is 4.26. The van der Waals surface area contributed by atoms with Crippen molar-refractivity contribution in [3.05, 3.63) is 28.5 Å². The maximum absolute atomic E-state index is 5.51. The molecular formula is C9H4OS2. The standard InChI is InChI=1S/C9H4OS2/c1-3-11-8-6(1)5-10-7-2-4-12-9(7)8/h1-2H,5H2.